The van der Waals surface area contributed by atoms with Gasteiger partial charge in [-0.2, -0.15) is 21.0 Å². The molecule has 8 aromatic carbocycles. The summed E-state index contributed by atoms with van der Waals surface area (Å²) in [4.78, 5) is 0. The SMILES string of the molecule is CCO.CCn1c2ccccc2c2cc(C3C(C#N)=C(N)Oc4n[nH]c(C(C)(C)C)c43)ccc21.CCn1c2ccccc2c2cc(C3C(C#N)=C(N)Oc4n[nH]c(C(C)(C)C)c43)ccc21.CCn1c2ccccc2c2cc(C3C(C#N)=C(N)Oc4n[nH]c(C(C)(C)C)c43)ccc21.CCn1c2ccccc2c2cc(C3C(C#N)=C(N)Oc4n[nH]c(C(C)(C)C)c43)ccc21. The first-order valence-electron chi connectivity index (χ1n) is 43.1. The van der Waals surface area contributed by atoms with E-state index in [2.05, 4.69) is 364 Å². The number of nitrogens with one attached hydrogen (secondary N) is 4. The van der Waals surface area contributed by atoms with Gasteiger partial charge in [0.25, 0.3) is 0 Å². The highest BCUT2D eigenvalue weighted by Gasteiger charge is 2.44. The summed E-state index contributed by atoms with van der Waals surface area (Å²) in [6.45, 7) is 39.5. The fraction of sp³-hybridized carbons (Fsp3) is 0.294. The van der Waals surface area contributed by atoms with Crippen LogP contribution in [-0.2, 0) is 47.8 Å². The average Bonchev–Trinajstić information content (AvgIpc) is 1.62. The second-order valence-electron chi connectivity index (χ2n) is 36.4. The molecule has 13 N–H and O–H groups in total. The van der Waals surface area contributed by atoms with Gasteiger partial charge in [0.05, 0.1) is 45.9 Å². The third kappa shape index (κ3) is 14.6. The first kappa shape index (κ1) is 85.6. The molecular formula is C102H106N20O5. The molecule has 0 bridgehead atoms. The smallest absolute Gasteiger partial charge is 0.244 e. The molecule has 12 heterocycles. The molecule has 4 aliphatic heterocycles. The molecule has 4 aliphatic rings. The number of hydrogen-bond donors (Lipinski definition) is 9. The van der Waals surface area contributed by atoms with Crippen LogP contribution in [0.5, 0.6) is 23.5 Å². The van der Waals surface area contributed by atoms with Crippen LogP contribution in [-0.4, -0.2) is 70.8 Å². The number of aliphatic hydroxyl groups excluding tert-OH is 1. The maximum atomic E-state index is 9.97. The Hall–Kier alpha value is -14.9. The number of allylic oxidation sites excluding steroid dienone is 4. The van der Waals surface area contributed by atoms with Crippen LogP contribution in [0.1, 0.15) is 209 Å². The number of hydrogen-bond acceptors (Lipinski definition) is 17. The molecular weight excluding hydrogens is 1590 g/mol. The number of aromatic amines is 4. The molecule has 0 saturated carbocycles. The second-order valence-corrected chi connectivity index (χ2v) is 36.4. The van der Waals surface area contributed by atoms with Gasteiger partial charge < -0.3 is 65.3 Å². The fourth-order valence-electron chi connectivity index (χ4n) is 19.0. The Morgan fingerprint density at radius 1 is 0.307 bits per heavy atom. The molecule has 0 saturated heterocycles. The Morgan fingerprint density at radius 3 is 0.661 bits per heavy atom. The normalized spacial score (nSPS) is 16.2. The van der Waals surface area contributed by atoms with Gasteiger partial charge in [-0.15, -0.1) is 20.4 Å². The van der Waals surface area contributed by atoms with Gasteiger partial charge >= 0.3 is 0 Å². The number of nitriles is 4. The number of nitrogens with two attached hydrogens (primary N) is 4. The predicted molar refractivity (Wildman–Crippen MR) is 500 cm³/mol. The van der Waals surface area contributed by atoms with Crippen molar-refractivity contribution in [3.05, 3.63) is 283 Å². The molecule has 0 spiro atoms. The minimum absolute atomic E-state index is 0.114. The molecule has 0 radical (unpaired) electrons. The molecule has 25 nitrogen and oxygen atoms in total. The average molecular weight is 1690 g/mol. The zero-order valence-electron chi connectivity index (χ0n) is 74.8. The lowest BCUT2D eigenvalue weighted by Crippen LogP contribution is -2.23. The summed E-state index contributed by atoms with van der Waals surface area (Å²) in [5.74, 6) is 0.890. The van der Waals surface area contributed by atoms with Crippen molar-refractivity contribution in [2.75, 3.05) is 6.61 Å². The van der Waals surface area contributed by atoms with Crippen molar-refractivity contribution in [2.24, 2.45) is 22.9 Å². The number of rotatable bonds is 8. The lowest BCUT2D eigenvalue weighted by molar-refractivity contribution is 0.318. The molecule has 0 fully saturated rings. The highest BCUT2D eigenvalue weighted by Crippen LogP contribution is 2.53. The molecule has 4 atom stereocenters. The van der Waals surface area contributed by atoms with Gasteiger partial charge in [0.15, 0.2) is 0 Å². The van der Waals surface area contributed by atoms with Crippen molar-refractivity contribution in [3.63, 3.8) is 0 Å². The Kier molecular flexibility index (Phi) is 22.2. The molecule has 25 heteroatoms. The standard InChI is InChI=1S/4C25H25N5O.C2H6O/c4*1-5-30-18-9-7-6-8-15(18)16-12-14(10-11-19(16)30)20-17(13-26)23(27)31-24-21(20)22(28-29-24)25(2,3)4;1-2-3/h4*6-12,20H,5,27H2,1-4H3,(H,28,29);3H,2H2,1H3. The maximum Gasteiger partial charge on any atom is 0.244 e. The van der Waals surface area contributed by atoms with E-state index in [1.807, 2.05) is 0 Å². The first-order valence-corrected chi connectivity index (χ1v) is 43.1. The number of para-hydroxylation sites is 4. The lowest BCUT2D eigenvalue weighted by atomic mass is 9.78. The van der Waals surface area contributed by atoms with E-state index in [9.17, 15) is 21.0 Å². The lowest BCUT2D eigenvalue weighted by Gasteiger charge is -2.27. The molecule has 0 aliphatic carbocycles. The summed E-state index contributed by atoms with van der Waals surface area (Å²) in [5.41, 5.74) is 46.4. The predicted octanol–water partition coefficient (Wildman–Crippen LogP) is 20.2. The van der Waals surface area contributed by atoms with Crippen molar-refractivity contribution in [2.45, 2.75) is 189 Å². The van der Waals surface area contributed by atoms with Gasteiger partial charge in [-0.3, -0.25) is 20.4 Å². The van der Waals surface area contributed by atoms with E-state index in [1.165, 1.54) is 87.2 Å². The van der Waals surface area contributed by atoms with Gasteiger partial charge in [0, 0.05) is 164 Å². The minimum Gasteiger partial charge on any atom is -0.420 e. The van der Waals surface area contributed by atoms with E-state index in [0.29, 0.717) is 45.8 Å². The Morgan fingerprint density at radius 2 is 0.488 bits per heavy atom. The third-order valence-corrected chi connectivity index (χ3v) is 24.5. The number of ether oxygens (including phenoxy) is 4. The molecule has 4 unspecified atom stereocenters. The van der Waals surface area contributed by atoms with Gasteiger partial charge in [-0.1, -0.05) is 180 Å². The molecule has 644 valence electrons. The highest BCUT2D eigenvalue weighted by atomic mass is 16.5. The summed E-state index contributed by atoms with van der Waals surface area (Å²) < 4.78 is 32.2. The van der Waals surface area contributed by atoms with E-state index in [4.69, 9.17) is 47.0 Å². The topological polar surface area (TPSA) is 391 Å². The molecule has 20 rings (SSSR count). The van der Waals surface area contributed by atoms with Crippen LogP contribution in [0.25, 0.3) is 87.2 Å². The third-order valence-electron chi connectivity index (χ3n) is 24.5. The monoisotopic (exact) mass is 1690 g/mol. The van der Waals surface area contributed by atoms with Crippen LogP contribution >= 0.6 is 0 Å². The van der Waals surface area contributed by atoms with E-state index >= 15 is 0 Å². The number of aliphatic hydroxyl groups is 1. The van der Waals surface area contributed by atoms with Crippen LogP contribution in [0.15, 0.2) is 216 Å². The Balaban J connectivity index is 0.000000123. The Bertz CT molecular complexity index is 6530. The van der Waals surface area contributed by atoms with E-state index < -0.39 is 0 Å². The summed E-state index contributed by atoms with van der Waals surface area (Å²) in [6, 6.07) is 68.6. The highest BCUT2D eigenvalue weighted by molar-refractivity contribution is 6.11. The van der Waals surface area contributed by atoms with Gasteiger partial charge in [0.1, 0.15) is 46.6 Å². The molecule has 127 heavy (non-hydrogen) atoms. The van der Waals surface area contributed by atoms with E-state index in [-0.39, 0.29) is 75.5 Å². The van der Waals surface area contributed by atoms with Crippen molar-refractivity contribution in [1.29, 1.82) is 21.0 Å². The van der Waals surface area contributed by atoms with Crippen LogP contribution in [0.2, 0.25) is 0 Å². The van der Waals surface area contributed by atoms with Crippen LogP contribution in [0.4, 0.5) is 0 Å². The number of H-pyrrole nitrogens is 4. The first-order chi connectivity index (χ1) is 60.8. The second kappa shape index (κ2) is 33.0. The van der Waals surface area contributed by atoms with Crippen LogP contribution < -0.4 is 41.9 Å². The number of aromatic nitrogens is 12. The quantitative estimate of drug-likeness (QED) is 0.0682. The summed E-state index contributed by atoms with van der Waals surface area (Å²) in [7, 11) is 0. The number of aryl methyl sites for hydroxylation is 4. The molecule has 0 amide bonds. The van der Waals surface area contributed by atoms with Gasteiger partial charge in [-0.05, 0) is 130 Å². The number of fused-ring (bicyclic) bond motifs is 16. The van der Waals surface area contributed by atoms with Crippen LogP contribution in [0.3, 0.4) is 0 Å². The van der Waals surface area contributed by atoms with Gasteiger partial charge in [0.2, 0.25) is 47.1 Å². The zero-order valence-corrected chi connectivity index (χ0v) is 74.8. The molecule has 16 aromatic rings. The fourth-order valence-corrected chi connectivity index (χ4v) is 19.0. The van der Waals surface area contributed by atoms with Crippen molar-refractivity contribution in [1.82, 2.24) is 59.1 Å². The number of benzene rings is 8. The maximum absolute atomic E-state index is 9.97. The minimum atomic E-state index is -0.338. The van der Waals surface area contributed by atoms with Crippen molar-refractivity contribution in [3.8, 4) is 47.8 Å². The van der Waals surface area contributed by atoms with E-state index in [0.717, 1.165) is 93.5 Å². The van der Waals surface area contributed by atoms with Crippen molar-refractivity contribution >= 4 is 87.2 Å². The molecule has 8 aromatic heterocycles. The summed E-state index contributed by atoms with van der Waals surface area (Å²) >= 11 is 0. The van der Waals surface area contributed by atoms with E-state index in [1.54, 1.807) is 6.92 Å². The number of nitrogens with zero attached hydrogens (tertiary/aromatic N) is 12. The summed E-state index contributed by atoms with van der Waals surface area (Å²) in [6.07, 6.45) is 0. The van der Waals surface area contributed by atoms with Gasteiger partial charge in [-0.25, -0.2) is 0 Å². The largest absolute Gasteiger partial charge is 0.420 e. The van der Waals surface area contributed by atoms with Crippen LogP contribution in [0, 0.1) is 45.3 Å². The van der Waals surface area contributed by atoms with Crippen molar-refractivity contribution < 1.29 is 24.1 Å². The zero-order chi connectivity index (χ0) is 90.4. The summed E-state index contributed by atoms with van der Waals surface area (Å²) in [5, 5.41) is 87.0. The Labute approximate surface area is 736 Å².